The number of piperazine rings is 1. The highest BCUT2D eigenvalue weighted by atomic mass is 32.1. The molecule has 1 aromatic carbocycles. The molecular weight excluding hydrogens is 420 g/mol. The Morgan fingerprint density at radius 2 is 1.71 bits per heavy atom. The molecule has 1 saturated heterocycles. The SMILES string of the molecule is COc1cc(NC(=O)N2CCN(CCNC(=O)c3ccsc3)CC2)cc(OC)c1OC. The smallest absolute Gasteiger partial charge is 0.321 e. The van der Waals surface area contributed by atoms with Gasteiger partial charge in [0.25, 0.3) is 5.91 Å². The zero-order valence-corrected chi connectivity index (χ0v) is 18.8. The number of hydrogen-bond donors (Lipinski definition) is 2. The van der Waals surface area contributed by atoms with Crippen LogP contribution in [0.15, 0.2) is 29.0 Å². The van der Waals surface area contributed by atoms with Crippen molar-refractivity contribution in [2.45, 2.75) is 0 Å². The maximum Gasteiger partial charge on any atom is 0.321 e. The van der Waals surface area contributed by atoms with Crippen LogP contribution in [0.1, 0.15) is 10.4 Å². The molecule has 1 aromatic heterocycles. The molecular formula is C21H28N4O5S. The number of methoxy groups -OCH3 is 3. The highest BCUT2D eigenvalue weighted by molar-refractivity contribution is 7.08. The Hall–Kier alpha value is -2.98. The van der Waals surface area contributed by atoms with Crippen LogP contribution in [0.25, 0.3) is 0 Å². The molecule has 0 saturated carbocycles. The number of amides is 3. The van der Waals surface area contributed by atoms with Crippen molar-refractivity contribution in [3.63, 3.8) is 0 Å². The van der Waals surface area contributed by atoms with Crippen LogP contribution >= 0.6 is 11.3 Å². The first-order valence-corrected chi connectivity index (χ1v) is 10.9. The third-order valence-corrected chi connectivity index (χ3v) is 5.76. The van der Waals surface area contributed by atoms with Gasteiger partial charge in [-0.05, 0) is 11.4 Å². The fourth-order valence-electron chi connectivity index (χ4n) is 3.35. The van der Waals surface area contributed by atoms with E-state index in [0.717, 1.165) is 19.6 Å². The van der Waals surface area contributed by atoms with Gasteiger partial charge in [0.05, 0.1) is 27.0 Å². The molecule has 0 bridgehead atoms. The zero-order chi connectivity index (χ0) is 22.2. The van der Waals surface area contributed by atoms with Gasteiger partial charge in [-0.3, -0.25) is 9.69 Å². The number of carbonyl (C=O) groups is 2. The minimum absolute atomic E-state index is 0.0513. The molecule has 1 aliphatic heterocycles. The maximum absolute atomic E-state index is 12.7. The summed E-state index contributed by atoms with van der Waals surface area (Å²) < 4.78 is 16.0. The Balaban J connectivity index is 1.46. The summed E-state index contributed by atoms with van der Waals surface area (Å²) in [5.74, 6) is 1.38. The van der Waals surface area contributed by atoms with E-state index in [1.807, 2.05) is 16.8 Å². The normalized spacial score (nSPS) is 14.1. The van der Waals surface area contributed by atoms with Crippen LogP contribution in [0.3, 0.4) is 0 Å². The third kappa shape index (κ3) is 5.80. The summed E-state index contributed by atoms with van der Waals surface area (Å²) in [4.78, 5) is 28.7. The lowest BCUT2D eigenvalue weighted by molar-refractivity contribution is 0.0943. The molecule has 0 spiro atoms. The molecule has 3 amide bonds. The highest BCUT2D eigenvalue weighted by Crippen LogP contribution is 2.39. The standard InChI is InChI=1S/C21H28N4O5S/c1-28-17-12-16(13-18(29-2)19(17)30-3)23-21(27)25-9-7-24(8-10-25)6-5-22-20(26)15-4-11-31-14-15/h4,11-14H,5-10H2,1-3H3,(H,22,26)(H,23,27). The van der Waals surface area contributed by atoms with Gasteiger partial charge in [0.2, 0.25) is 5.75 Å². The van der Waals surface area contributed by atoms with Gasteiger partial charge in [0.15, 0.2) is 11.5 Å². The summed E-state index contributed by atoms with van der Waals surface area (Å²) in [5.41, 5.74) is 1.26. The zero-order valence-electron chi connectivity index (χ0n) is 18.0. The maximum atomic E-state index is 12.7. The Morgan fingerprint density at radius 1 is 1.03 bits per heavy atom. The second kappa shape index (κ2) is 10.9. The van der Waals surface area contributed by atoms with Gasteiger partial charge in [-0.1, -0.05) is 0 Å². The number of carbonyl (C=O) groups excluding carboxylic acids is 2. The predicted molar refractivity (Wildman–Crippen MR) is 120 cm³/mol. The van der Waals surface area contributed by atoms with Crippen LogP contribution in [0.2, 0.25) is 0 Å². The Bertz CT molecular complexity index is 857. The fourth-order valence-corrected chi connectivity index (χ4v) is 3.99. The summed E-state index contributed by atoms with van der Waals surface area (Å²) >= 11 is 1.50. The number of nitrogens with one attached hydrogen (secondary N) is 2. The van der Waals surface area contributed by atoms with E-state index >= 15 is 0 Å². The number of rotatable bonds is 8. The molecule has 31 heavy (non-hydrogen) atoms. The molecule has 2 N–H and O–H groups in total. The van der Waals surface area contributed by atoms with Crippen LogP contribution in [-0.2, 0) is 0 Å². The molecule has 9 nitrogen and oxygen atoms in total. The lowest BCUT2D eigenvalue weighted by atomic mass is 10.2. The van der Waals surface area contributed by atoms with Crippen molar-refractivity contribution in [2.24, 2.45) is 0 Å². The quantitative estimate of drug-likeness (QED) is 0.644. The van der Waals surface area contributed by atoms with E-state index in [0.29, 0.717) is 48.1 Å². The number of urea groups is 1. The van der Waals surface area contributed by atoms with E-state index in [9.17, 15) is 9.59 Å². The molecule has 0 atom stereocenters. The van der Waals surface area contributed by atoms with E-state index in [-0.39, 0.29) is 11.9 Å². The predicted octanol–water partition coefficient (Wildman–Crippen LogP) is 2.35. The molecule has 2 aromatic rings. The van der Waals surface area contributed by atoms with Gasteiger partial charge in [0.1, 0.15) is 0 Å². The van der Waals surface area contributed by atoms with Crippen molar-refractivity contribution < 1.29 is 23.8 Å². The average molecular weight is 449 g/mol. The van der Waals surface area contributed by atoms with Gasteiger partial charge < -0.3 is 29.7 Å². The number of thiophene rings is 1. The summed E-state index contributed by atoms with van der Waals surface area (Å²) in [5, 5.41) is 9.55. The van der Waals surface area contributed by atoms with Gasteiger partial charge >= 0.3 is 6.03 Å². The second-order valence-corrected chi connectivity index (χ2v) is 7.72. The molecule has 3 rings (SSSR count). The number of nitrogens with zero attached hydrogens (tertiary/aromatic N) is 2. The van der Waals surface area contributed by atoms with Crippen LogP contribution in [0.4, 0.5) is 10.5 Å². The summed E-state index contributed by atoms with van der Waals surface area (Å²) in [6.45, 7) is 4.03. The monoisotopic (exact) mass is 448 g/mol. The number of hydrogen-bond acceptors (Lipinski definition) is 7. The van der Waals surface area contributed by atoms with Crippen molar-refractivity contribution in [1.82, 2.24) is 15.1 Å². The molecule has 10 heteroatoms. The van der Waals surface area contributed by atoms with Crippen molar-refractivity contribution in [1.29, 1.82) is 0 Å². The molecule has 1 aliphatic rings. The van der Waals surface area contributed by atoms with E-state index in [4.69, 9.17) is 14.2 Å². The first-order chi connectivity index (χ1) is 15.0. The Kier molecular flexibility index (Phi) is 7.96. The summed E-state index contributed by atoms with van der Waals surface area (Å²) in [6.07, 6.45) is 0. The van der Waals surface area contributed by atoms with Crippen LogP contribution < -0.4 is 24.8 Å². The first kappa shape index (κ1) is 22.7. The third-order valence-electron chi connectivity index (χ3n) is 5.07. The van der Waals surface area contributed by atoms with Crippen LogP contribution in [0.5, 0.6) is 17.2 Å². The van der Waals surface area contributed by atoms with Crippen molar-refractivity contribution in [3.05, 3.63) is 34.5 Å². The fraction of sp³-hybridized carbons (Fsp3) is 0.429. The van der Waals surface area contributed by atoms with Crippen molar-refractivity contribution in [3.8, 4) is 17.2 Å². The number of ether oxygens (including phenoxy) is 3. The molecule has 0 radical (unpaired) electrons. The molecule has 0 unspecified atom stereocenters. The molecule has 168 valence electrons. The van der Waals surface area contributed by atoms with Gasteiger partial charge in [-0.15, -0.1) is 0 Å². The van der Waals surface area contributed by atoms with Crippen LogP contribution in [0, 0.1) is 0 Å². The Labute approximate surface area is 185 Å². The molecule has 1 fully saturated rings. The Morgan fingerprint density at radius 3 is 2.26 bits per heavy atom. The van der Waals surface area contributed by atoms with Crippen LogP contribution in [-0.4, -0.2) is 82.3 Å². The minimum Gasteiger partial charge on any atom is -0.493 e. The van der Waals surface area contributed by atoms with E-state index < -0.39 is 0 Å². The van der Waals surface area contributed by atoms with Gasteiger partial charge in [0, 0.05) is 62.3 Å². The molecule has 0 aliphatic carbocycles. The van der Waals surface area contributed by atoms with E-state index in [1.54, 1.807) is 17.0 Å². The minimum atomic E-state index is -0.181. The summed E-state index contributed by atoms with van der Waals surface area (Å²) in [6, 6.07) is 5.03. The van der Waals surface area contributed by atoms with E-state index in [2.05, 4.69) is 15.5 Å². The van der Waals surface area contributed by atoms with Gasteiger partial charge in [-0.2, -0.15) is 11.3 Å². The molecule has 2 heterocycles. The average Bonchev–Trinajstić information content (AvgIpc) is 3.34. The van der Waals surface area contributed by atoms with Gasteiger partial charge in [-0.25, -0.2) is 4.79 Å². The number of anilines is 1. The topological polar surface area (TPSA) is 92.4 Å². The largest absolute Gasteiger partial charge is 0.493 e. The van der Waals surface area contributed by atoms with Crippen molar-refractivity contribution in [2.75, 3.05) is 65.9 Å². The van der Waals surface area contributed by atoms with Crippen molar-refractivity contribution >= 4 is 29.0 Å². The van der Waals surface area contributed by atoms with E-state index in [1.165, 1.54) is 32.7 Å². The summed E-state index contributed by atoms with van der Waals surface area (Å²) in [7, 11) is 4.60. The highest BCUT2D eigenvalue weighted by Gasteiger charge is 2.22. The number of benzene rings is 1. The lowest BCUT2D eigenvalue weighted by Crippen LogP contribution is -2.51. The lowest BCUT2D eigenvalue weighted by Gasteiger charge is -2.34. The first-order valence-electron chi connectivity index (χ1n) is 9.94. The second-order valence-electron chi connectivity index (χ2n) is 6.94.